The molecule has 140 valence electrons. The molecule has 3 aromatic carbocycles. The van der Waals surface area contributed by atoms with Gasteiger partial charge in [0.05, 0.1) is 17.1 Å². The van der Waals surface area contributed by atoms with Crippen molar-refractivity contribution in [2.24, 2.45) is 0 Å². The molecule has 0 unspecified atom stereocenters. The summed E-state index contributed by atoms with van der Waals surface area (Å²) < 4.78 is 1.61. The van der Waals surface area contributed by atoms with Crippen LogP contribution >= 0.6 is 23.4 Å². The predicted octanol–water partition coefficient (Wildman–Crippen LogP) is 5.20. The van der Waals surface area contributed by atoms with E-state index in [4.69, 9.17) is 11.6 Å². The van der Waals surface area contributed by atoms with Crippen molar-refractivity contribution in [3.05, 3.63) is 95.0 Å². The average molecular weight is 409 g/mol. The molecular formula is C22H17ClN2O2S. The van der Waals surface area contributed by atoms with Crippen molar-refractivity contribution in [1.29, 1.82) is 0 Å². The van der Waals surface area contributed by atoms with Crippen molar-refractivity contribution < 1.29 is 9.90 Å². The van der Waals surface area contributed by atoms with Gasteiger partial charge in [-0.15, -0.1) is 0 Å². The van der Waals surface area contributed by atoms with Crippen molar-refractivity contribution in [2.75, 3.05) is 5.75 Å². The quantitative estimate of drug-likeness (QED) is 0.461. The molecule has 0 radical (unpaired) electrons. The minimum Gasteiger partial charge on any atom is -0.388 e. The topological polar surface area (TPSA) is 55.1 Å². The highest BCUT2D eigenvalue weighted by Gasteiger charge is 2.19. The Morgan fingerprint density at radius 3 is 2.43 bits per heavy atom. The molecule has 1 atom stereocenters. The summed E-state index contributed by atoms with van der Waals surface area (Å²) in [6.45, 7) is 0. The van der Waals surface area contributed by atoms with Crippen LogP contribution in [0.15, 0.2) is 84.0 Å². The highest BCUT2D eigenvalue weighted by molar-refractivity contribution is 7.99. The van der Waals surface area contributed by atoms with E-state index in [0.717, 1.165) is 16.6 Å². The van der Waals surface area contributed by atoms with E-state index in [1.807, 2.05) is 42.5 Å². The SMILES string of the molecule is O=C(c1ccccc1)n1c(SC[C@H](O)c2ccc(Cl)cc2)nc2ccccc21. The maximum absolute atomic E-state index is 13.1. The minimum atomic E-state index is -0.692. The van der Waals surface area contributed by atoms with E-state index >= 15 is 0 Å². The molecule has 0 spiro atoms. The molecule has 0 fully saturated rings. The van der Waals surface area contributed by atoms with Crippen LogP contribution in [0.5, 0.6) is 0 Å². The molecule has 4 rings (SSSR count). The van der Waals surface area contributed by atoms with Crippen LogP contribution in [0.25, 0.3) is 11.0 Å². The first kappa shape index (κ1) is 18.7. The van der Waals surface area contributed by atoms with Crippen LogP contribution < -0.4 is 0 Å². The van der Waals surface area contributed by atoms with Crippen molar-refractivity contribution in [3.63, 3.8) is 0 Å². The summed E-state index contributed by atoms with van der Waals surface area (Å²) >= 11 is 7.26. The maximum atomic E-state index is 13.1. The Kier molecular flexibility index (Phi) is 5.48. The number of para-hydroxylation sites is 2. The molecule has 1 aromatic heterocycles. The predicted molar refractivity (Wildman–Crippen MR) is 113 cm³/mol. The lowest BCUT2D eigenvalue weighted by molar-refractivity contribution is 0.0955. The van der Waals surface area contributed by atoms with Crippen molar-refractivity contribution in [2.45, 2.75) is 11.3 Å². The number of nitrogens with zero attached hydrogens (tertiary/aromatic N) is 2. The molecule has 28 heavy (non-hydrogen) atoms. The van der Waals surface area contributed by atoms with Gasteiger partial charge in [0.1, 0.15) is 0 Å². The highest BCUT2D eigenvalue weighted by atomic mass is 35.5. The van der Waals surface area contributed by atoms with Gasteiger partial charge in [0.25, 0.3) is 5.91 Å². The molecule has 0 aliphatic carbocycles. The molecule has 0 aliphatic rings. The van der Waals surface area contributed by atoms with Crippen molar-refractivity contribution in [3.8, 4) is 0 Å². The Hall–Kier alpha value is -2.60. The fraction of sp³-hybridized carbons (Fsp3) is 0.0909. The van der Waals surface area contributed by atoms with Gasteiger partial charge in [-0.3, -0.25) is 9.36 Å². The van der Waals surface area contributed by atoms with E-state index < -0.39 is 6.10 Å². The van der Waals surface area contributed by atoms with E-state index in [1.54, 1.807) is 41.0 Å². The van der Waals surface area contributed by atoms with E-state index in [-0.39, 0.29) is 5.91 Å². The Balaban J connectivity index is 1.65. The molecule has 4 nitrogen and oxygen atoms in total. The second kappa shape index (κ2) is 8.19. The monoisotopic (exact) mass is 408 g/mol. The Morgan fingerprint density at radius 1 is 1.00 bits per heavy atom. The first-order valence-electron chi connectivity index (χ1n) is 8.77. The Morgan fingerprint density at radius 2 is 1.68 bits per heavy atom. The maximum Gasteiger partial charge on any atom is 0.264 e. The zero-order valence-electron chi connectivity index (χ0n) is 14.8. The van der Waals surface area contributed by atoms with Crippen LogP contribution in [0.3, 0.4) is 0 Å². The number of hydrogen-bond donors (Lipinski definition) is 1. The van der Waals surface area contributed by atoms with Gasteiger partial charge in [-0.1, -0.05) is 65.8 Å². The third kappa shape index (κ3) is 3.83. The second-order valence-corrected chi connectivity index (χ2v) is 7.69. The second-order valence-electron chi connectivity index (χ2n) is 6.27. The lowest BCUT2D eigenvalue weighted by atomic mass is 10.1. The molecule has 1 heterocycles. The van der Waals surface area contributed by atoms with Gasteiger partial charge in [0.15, 0.2) is 5.16 Å². The van der Waals surface area contributed by atoms with Gasteiger partial charge < -0.3 is 5.11 Å². The lowest BCUT2D eigenvalue weighted by Crippen LogP contribution is -2.13. The lowest BCUT2D eigenvalue weighted by Gasteiger charge is -2.12. The molecular weight excluding hydrogens is 392 g/mol. The molecule has 0 saturated heterocycles. The zero-order chi connectivity index (χ0) is 19.5. The number of benzene rings is 3. The summed E-state index contributed by atoms with van der Waals surface area (Å²) in [7, 11) is 0. The van der Waals surface area contributed by atoms with Crippen molar-refractivity contribution >= 4 is 40.3 Å². The molecule has 0 amide bonds. The summed E-state index contributed by atoms with van der Waals surface area (Å²) in [5.74, 6) is 0.227. The van der Waals surface area contributed by atoms with Gasteiger partial charge in [-0.2, -0.15) is 0 Å². The van der Waals surface area contributed by atoms with E-state index in [0.29, 0.717) is 21.5 Å². The third-order valence-electron chi connectivity index (χ3n) is 4.38. The molecule has 0 bridgehead atoms. The number of fused-ring (bicyclic) bond motifs is 1. The summed E-state index contributed by atoms with van der Waals surface area (Å²) in [6.07, 6.45) is -0.692. The van der Waals surface area contributed by atoms with Crippen LogP contribution in [0.4, 0.5) is 0 Å². The zero-order valence-corrected chi connectivity index (χ0v) is 16.4. The van der Waals surface area contributed by atoms with E-state index in [2.05, 4.69) is 4.98 Å². The number of rotatable bonds is 5. The fourth-order valence-electron chi connectivity index (χ4n) is 2.94. The van der Waals surface area contributed by atoms with Crippen molar-refractivity contribution in [1.82, 2.24) is 9.55 Å². The summed E-state index contributed by atoms with van der Waals surface area (Å²) in [5, 5.41) is 11.7. The molecule has 0 aliphatic heterocycles. The molecule has 1 N–H and O–H groups in total. The van der Waals surface area contributed by atoms with Gasteiger partial charge in [0, 0.05) is 16.3 Å². The average Bonchev–Trinajstić information content (AvgIpc) is 3.11. The molecule has 0 saturated carbocycles. The summed E-state index contributed by atoms with van der Waals surface area (Å²) in [5.41, 5.74) is 2.86. The Bertz CT molecular complexity index is 1110. The first-order valence-corrected chi connectivity index (χ1v) is 10.1. The van der Waals surface area contributed by atoms with Crippen LogP contribution in [0.1, 0.15) is 22.0 Å². The number of halogens is 1. The van der Waals surface area contributed by atoms with Gasteiger partial charge in [-0.05, 0) is 42.0 Å². The molecule has 4 aromatic rings. The highest BCUT2D eigenvalue weighted by Crippen LogP contribution is 2.29. The van der Waals surface area contributed by atoms with Crippen LogP contribution in [0, 0.1) is 0 Å². The normalized spacial score (nSPS) is 12.2. The van der Waals surface area contributed by atoms with Gasteiger partial charge >= 0.3 is 0 Å². The van der Waals surface area contributed by atoms with E-state index in [9.17, 15) is 9.90 Å². The number of carbonyl (C=O) groups excluding carboxylic acids is 1. The van der Waals surface area contributed by atoms with Gasteiger partial charge in [0.2, 0.25) is 0 Å². The number of aliphatic hydroxyl groups excluding tert-OH is 1. The summed E-state index contributed by atoms with van der Waals surface area (Å²) in [4.78, 5) is 17.7. The molecule has 6 heteroatoms. The number of aromatic nitrogens is 2. The van der Waals surface area contributed by atoms with Crippen LogP contribution in [-0.2, 0) is 0 Å². The smallest absolute Gasteiger partial charge is 0.264 e. The number of imidazole rings is 1. The summed E-state index contributed by atoms with van der Waals surface area (Å²) in [6, 6.07) is 23.7. The van der Waals surface area contributed by atoms with E-state index in [1.165, 1.54) is 11.8 Å². The third-order valence-corrected chi connectivity index (χ3v) is 5.65. The van der Waals surface area contributed by atoms with Crippen LogP contribution in [-0.4, -0.2) is 26.3 Å². The minimum absolute atomic E-state index is 0.141. The first-order chi connectivity index (χ1) is 13.6. The number of thioether (sulfide) groups is 1. The number of aliphatic hydroxyl groups is 1. The largest absolute Gasteiger partial charge is 0.388 e. The van der Waals surface area contributed by atoms with Crippen LogP contribution in [0.2, 0.25) is 5.02 Å². The number of hydrogen-bond acceptors (Lipinski definition) is 4. The standard InChI is InChI=1S/C22H17ClN2O2S/c23-17-12-10-15(11-13-17)20(26)14-28-22-24-18-8-4-5-9-19(18)25(22)21(27)16-6-2-1-3-7-16/h1-13,20,26H,14H2/t20-/m0/s1. The van der Waals surface area contributed by atoms with Gasteiger partial charge in [-0.25, -0.2) is 4.98 Å². The fourth-order valence-corrected chi connectivity index (χ4v) is 4.04. The Labute approximate surface area is 171 Å². The number of carbonyl (C=O) groups is 1.